The van der Waals surface area contributed by atoms with Crippen LogP contribution in [-0.2, 0) is 11.3 Å². The van der Waals surface area contributed by atoms with E-state index in [4.69, 9.17) is 9.90 Å². The first kappa shape index (κ1) is 15.5. The van der Waals surface area contributed by atoms with Crippen molar-refractivity contribution in [3.8, 4) is 0 Å². The Morgan fingerprint density at radius 2 is 2.00 bits per heavy atom. The molecule has 7 heteroatoms. The zero-order valence-electron chi connectivity index (χ0n) is 9.44. The molecule has 98 valence electrons. The second-order valence-corrected chi connectivity index (χ2v) is 3.31. The van der Waals surface area contributed by atoms with Gasteiger partial charge >= 0.3 is 12.1 Å². The van der Waals surface area contributed by atoms with Crippen molar-refractivity contribution in [3.05, 3.63) is 18.7 Å². The number of carbonyl (C=O) groups is 1. The smallest absolute Gasteiger partial charge is 0.475 e. The number of hydrogen-bond donors (Lipinski definition) is 1. The highest BCUT2D eigenvalue weighted by atomic mass is 19.4. The molecule has 0 spiro atoms. The summed E-state index contributed by atoms with van der Waals surface area (Å²) in [5, 5.41) is 7.12. The van der Waals surface area contributed by atoms with E-state index >= 15 is 0 Å². The summed E-state index contributed by atoms with van der Waals surface area (Å²) >= 11 is 0. The Kier molecular flexibility index (Phi) is 7.00. The summed E-state index contributed by atoms with van der Waals surface area (Å²) in [7, 11) is 0. The molecule has 1 heterocycles. The second kappa shape index (κ2) is 7.70. The topological polar surface area (TPSA) is 55.1 Å². The summed E-state index contributed by atoms with van der Waals surface area (Å²) in [6.07, 6.45) is 4.50. The van der Waals surface area contributed by atoms with Gasteiger partial charge in [-0.05, 0) is 6.42 Å². The molecular formula is C10H15F3N2O2. The van der Waals surface area contributed by atoms with E-state index in [2.05, 4.69) is 16.5 Å². The number of carboxylic acid groups (broad SMARTS) is 1. The molecule has 0 aliphatic rings. The number of unbranched alkanes of at least 4 members (excludes halogenated alkanes) is 2. The Balaban J connectivity index is 0.000000325. The van der Waals surface area contributed by atoms with Crippen LogP contribution in [0, 0.1) is 0 Å². The molecule has 0 atom stereocenters. The van der Waals surface area contributed by atoms with Gasteiger partial charge in [0.25, 0.3) is 0 Å². The molecule has 17 heavy (non-hydrogen) atoms. The monoisotopic (exact) mass is 252 g/mol. The Hall–Kier alpha value is -1.53. The molecule has 0 fully saturated rings. The second-order valence-electron chi connectivity index (χ2n) is 3.31. The fourth-order valence-electron chi connectivity index (χ4n) is 0.963. The molecule has 1 aromatic rings. The Labute approximate surface area is 97.1 Å². The van der Waals surface area contributed by atoms with Gasteiger partial charge in [0.2, 0.25) is 0 Å². The molecule has 1 aromatic heterocycles. The van der Waals surface area contributed by atoms with Gasteiger partial charge in [0.1, 0.15) is 0 Å². The number of aryl methyl sites for hydroxylation is 1. The SMILES string of the molecule is CCCCCn1ccnc1.O=C(O)C(F)(F)F. The Bertz CT molecular complexity index is 310. The summed E-state index contributed by atoms with van der Waals surface area (Å²) in [5.74, 6) is -2.76. The predicted octanol–water partition coefficient (Wildman–Crippen LogP) is 2.71. The van der Waals surface area contributed by atoms with Crippen molar-refractivity contribution in [2.75, 3.05) is 0 Å². The van der Waals surface area contributed by atoms with E-state index in [1.807, 2.05) is 18.7 Å². The molecular weight excluding hydrogens is 237 g/mol. The van der Waals surface area contributed by atoms with Crippen molar-refractivity contribution < 1.29 is 23.1 Å². The lowest BCUT2D eigenvalue weighted by atomic mass is 10.2. The lowest BCUT2D eigenvalue weighted by Crippen LogP contribution is -2.21. The molecule has 0 aromatic carbocycles. The van der Waals surface area contributed by atoms with Crippen LogP contribution in [0.3, 0.4) is 0 Å². The minimum atomic E-state index is -5.08. The first-order valence-electron chi connectivity index (χ1n) is 5.13. The van der Waals surface area contributed by atoms with Crippen LogP contribution >= 0.6 is 0 Å². The Morgan fingerprint density at radius 1 is 1.41 bits per heavy atom. The van der Waals surface area contributed by atoms with Crippen molar-refractivity contribution in [1.29, 1.82) is 0 Å². The van der Waals surface area contributed by atoms with E-state index in [1.54, 1.807) is 0 Å². The number of nitrogens with zero attached hydrogens (tertiary/aromatic N) is 2. The summed E-state index contributed by atoms with van der Waals surface area (Å²) in [4.78, 5) is 12.9. The highest BCUT2D eigenvalue weighted by Crippen LogP contribution is 2.13. The van der Waals surface area contributed by atoms with E-state index in [-0.39, 0.29) is 0 Å². The lowest BCUT2D eigenvalue weighted by Gasteiger charge is -1.98. The van der Waals surface area contributed by atoms with Gasteiger partial charge in [0.15, 0.2) is 0 Å². The van der Waals surface area contributed by atoms with Crippen LogP contribution in [0.4, 0.5) is 13.2 Å². The minimum absolute atomic E-state index is 1.12. The standard InChI is InChI=1S/C8H14N2.C2HF3O2/c1-2-3-4-6-10-7-5-9-8-10;3-2(4,5)1(6)7/h5,7-8H,2-4,6H2,1H3;(H,6,7). The van der Waals surface area contributed by atoms with E-state index in [1.165, 1.54) is 19.3 Å². The van der Waals surface area contributed by atoms with Crippen molar-refractivity contribution in [1.82, 2.24) is 9.55 Å². The molecule has 1 N–H and O–H groups in total. The molecule has 1 rings (SSSR count). The molecule has 0 unspecified atom stereocenters. The van der Waals surface area contributed by atoms with Gasteiger partial charge in [0, 0.05) is 18.9 Å². The summed E-state index contributed by atoms with van der Waals surface area (Å²) in [6, 6.07) is 0. The fraction of sp³-hybridized carbons (Fsp3) is 0.600. The summed E-state index contributed by atoms with van der Waals surface area (Å²) < 4.78 is 33.9. The number of carboxylic acids is 1. The van der Waals surface area contributed by atoms with Crippen molar-refractivity contribution in [2.45, 2.75) is 38.9 Å². The molecule has 0 bridgehead atoms. The van der Waals surface area contributed by atoms with E-state index in [0.29, 0.717) is 0 Å². The molecule has 4 nitrogen and oxygen atoms in total. The van der Waals surface area contributed by atoms with Gasteiger partial charge in [-0.15, -0.1) is 0 Å². The van der Waals surface area contributed by atoms with E-state index < -0.39 is 12.1 Å². The van der Waals surface area contributed by atoms with Crippen LogP contribution in [0.2, 0.25) is 0 Å². The minimum Gasteiger partial charge on any atom is -0.475 e. The van der Waals surface area contributed by atoms with E-state index in [9.17, 15) is 13.2 Å². The van der Waals surface area contributed by atoms with Gasteiger partial charge in [-0.2, -0.15) is 13.2 Å². The van der Waals surface area contributed by atoms with Crippen LogP contribution in [-0.4, -0.2) is 26.8 Å². The number of aliphatic carboxylic acids is 1. The number of aromatic nitrogens is 2. The number of halogens is 3. The fourth-order valence-corrected chi connectivity index (χ4v) is 0.963. The van der Waals surface area contributed by atoms with Crippen LogP contribution in [0.25, 0.3) is 0 Å². The number of hydrogen-bond acceptors (Lipinski definition) is 2. The lowest BCUT2D eigenvalue weighted by molar-refractivity contribution is -0.192. The molecule has 0 saturated heterocycles. The van der Waals surface area contributed by atoms with Crippen molar-refractivity contribution in [3.63, 3.8) is 0 Å². The van der Waals surface area contributed by atoms with Gasteiger partial charge in [-0.25, -0.2) is 9.78 Å². The maximum absolute atomic E-state index is 10.6. The van der Waals surface area contributed by atoms with Gasteiger partial charge in [-0.1, -0.05) is 19.8 Å². The molecule has 0 saturated carbocycles. The third kappa shape index (κ3) is 8.29. The van der Waals surface area contributed by atoms with Crippen molar-refractivity contribution in [2.24, 2.45) is 0 Å². The van der Waals surface area contributed by atoms with Crippen LogP contribution in [0.15, 0.2) is 18.7 Å². The zero-order chi connectivity index (χ0) is 13.3. The molecule has 0 radical (unpaired) electrons. The largest absolute Gasteiger partial charge is 0.490 e. The maximum atomic E-state index is 10.6. The van der Waals surface area contributed by atoms with E-state index in [0.717, 1.165) is 6.54 Å². The average molecular weight is 252 g/mol. The van der Waals surface area contributed by atoms with Crippen LogP contribution in [0.1, 0.15) is 26.2 Å². The zero-order valence-corrected chi connectivity index (χ0v) is 9.44. The normalized spacial score (nSPS) is 10.6. The highest BCUT2D eigenvalue weighted by Gasteiger charge is 2.38. The molecule has 0 aliphatic carbocycles. The molecule has 0 amide bonds. The number of rotatable bonds is 4. The first-order valence-corrected chi connectivity index (χ1v) is 5.13. The van der Waals surface area contributed by atoms with Gasteiger partial charge in [0.05, 0.1) is 6.33 Å². The van der Waals surface area contributed by atoms with Crippen molar-refractivity contribution >= 4 is 5.97 Å². The first-order chi connectivity index (χ1) is 7.88. The predicted molar refractivity (Wildman–Crippen MR) is 55.4 cm³/mol. The van der Waals surface area contributed by atoms with Gasteiger partial charge < -0.3 is 9.67 Å². The molecule has 0 aliphatic heterocycles. The van der Waals surface area contributed by atoms with Gasteiger partial charge in [-0.3, -0.25) is 0 Å². The Morgan fingerprint density at radius 3 is 2.35 bits per heavy atom. The highest BCUT2D eigenvalue weighted by molar-refractivity contribution is 5.73. The van der Waals surface area contributed by atoms with Crippen LogP contribution < -0.4 is 0 Å². The average Bonchev–Trinajstić information content (AvgIpc) is 2.70. The third-order valence-electron chi connectivity index (χ3n) is 1.82. The quantitative estimate of drug-likeness (QED) is 0.838. The number of alkyl halides is 3. The maximum Gasteiger partial charge on any atom is 0.490 e. The third-order valence-corrected chi connectivity index (χ3v) is 1.82. The summed E-state index contributed by atoms with van der Waals surface area (Å²) in [5.41, 5.74) is 0. The summed E-state index contributed by atoms with van der Waals surface area (Å²) in [6.45, 7) is 3.34. The number of imidazole rings is 1. The van der Waals surface area contributed by atoms with Crippen LogP contribution in [0.5, 0.6) is 0 Å².